The van der Waals surface area contributed by atoms with Gasteiger partial charge in [-0.15, -0.1) is 10.2 Å². The number of pyridine rings is 1. The summed E-state index contributed by atoms with van der Waals surface area (Å²) in [5, 5.41) is 16.0. The first-order valence-electron chi connectivity index (χ1n) is 9.91. The lowest BCUT2D eigenvalue weighted by Gasteiger charge is -2.08. The van der Waals surface area contributed by atoms with E-state index < -0.39 is 0 Å². The maximum Gasteiger partial charge on any atom is 0.255 e. The minimum absolute atomic E-state index is 0.208. The first-order chi connectivity index (χ1) is 15.7. The SMILES string of the molecule is COc1cccc(C(=O)Nc2ccc(-c3ccc4nnc(-c5ccccn5)n4n3)cc2)c1. The van der Waals surface area contributed by atoms with E-state index in [0.29, 0.717) is 34.2 Å². The molecule has 0 spiro atoms. The Labute approximate surface area is 183 Å². The molecule has 8 heteroatoms. The first kappa shape index (κ1) is 19.4. The Kier molecular flexibility index (Phi) is 5.01. The zero-order valence-corrected chi connectivity index (χ0v) is 17.1. The molecule has 32 heavy (non-hydrogen) atoms. The predicted octanol–water partition coefficient (Wildman–Crippen LogP) is 4.11. The van der Waals surface area contributed by atoms with Crippen LogP contribution in [0.15, 0.2) is 85.1 Å². The van der Waals surface area contributed by atoms with Crippen LogP contribution in [0.5, 0.6) is 5.75 Å². The Morgan fingerprint density at radius 3 is 2.56 bits per heavy atom. The van der Waals surface area contributed by atoms with Crippen molar-refractivity contribution in [3.8, 4) is 28.5 Å². The van der Waals surface area contributed by atoms with Crippen LogP contribution in [0.1, 0.15) is 10.4 Å². The van der Waals surface area contributed by atoms with E-state index in [4.69, 9.17) is 4.74 Å². The van der Waals surface area contributed by atoms with E-state index in [2.05, 4.69) is 25.6 Å². The number of rotatable bonds is 5. The van der Waals surface area contributed by atoms with Gasteiger partial charge < -0.3 is 10.1 Å². The van der Waals surface area contributed by atoms with Crippen molar-refractivity contribution in [1.29, 1.82) is 0 Å². The van der Waals surface area contributed by atoms with E-state index in [9.17, 15) is 4.79 Å². The standard InChI is InChI=1S/C24H18N6O2/c1-32-19-6-4-5-17(15-19)24(31)26-18-10-8-16(9-11-18)20-12-13-22-27-28-23(30(22)29-20)21-7-2-3-14-25-21/h2-15H,1H3,(H,26,31). The number of ether oxygens (including phenoxy) is 1. The number of anilines is 1. The zero-order chi connectivity index (χ0) is 21.9. The van der Waals surface area contributed by atoms with E-state index in [-0.39, 0.29) is 5.91 Å². The summed E-state index contributed by atoms with van der Waals surface area (Å²) in [5.74, 6) is 0.999. The first-order valence-corrected chi connectivity index (χ1v) is 9.91. The van der Waals surface area contributed by atoms with Crippen LogP contribution in [0.2, 0.25) is 0 Å². The van der Waals surface area contributed by atoms with Crippen LogP contribution >= 0.6 is 0 Å². The van der Waals surface area contributed by atoms with Gasteiger partial charge in [0.05, 0.1) is 12.8 Å². The molecule has 1 N–H and O–H groups in total. The average Bonchev–Trinajstić information content (AvgIpc) is 3.28. The Hall–Kier alpha value is -4.59. The third-order valence-electron chi connectivity index (χ3n) is 4.93. The minimum Gasteiger partial charge on any atom is -0.497 e. The number of nitrogens with zero attached hydrogens (tertiary/aromatic N) is 5. The normalized spacial score (nSPS) is 10.8. The second kappa shape index (κ2) is 8.27. The van der Waals surface area contributed by atoms with Crippen LogP contribution < -0.4 is 10.1 Å². The highest BCUT2D eigenvalue weighted by Crippen LogP contribution is 2.22. The lowest BCUT2D eigenvalue weighted by molar-refractivity contribution is 0.102. The van der Waals surface area contributed by atoms with E-state index in [0.717, 1.165) is 11.3 Å². The summed E-state index contributed by atoms with van der Waals surface area (Å²) in [6.45, 7) is 0. The fourth-order valence-electron chi connectivity index (χ4n) is 3.29. The largest absolute Gasteiger partial charge is 0.497 e. The number of aromatic nitrogens is 5. The number of amides is 1. The minimum atomic E-state index is -0.208. The van der Waals surface area contributed by atoms with E-state index >= 15 is 0 Å². The molecule has 5 rings (SSSR count). The lowest BCUT2D eigenvalue weighted by atomic mass is 10.1. The maximum atomic E-state index is 12.5. The molecule has 0 fully saturated rings. The molecule has 2 aromatic carbocycles. The van der Waals surface area contributed by atoms with Crippen LogP contribution in [0.3, 0.4) is 0 Å². The second-order valence-electron chi connectivity index (χ2n) is 6.99. The van der Waals surface area contributed by atoms with E-state index in [1.165, 1.54) is 0 Å². The monoisotopic (exact) mass is 422 g/mol. The van der Waals surface area contributed by atoms with Crippen molar-refractivity contribution < 1.29 is 9.53 Å². The fourth-order valence-corrected chi connectivity index (χ4v) is 3.29. The predicted molar refractivity (Wildman–Crippen MR) is 120 cm³/mol. The van der Waals surface area contributed by atoms with Gasteiger partial charge in [-0.25, -0.2) is 0 Å². The van der Waals surface area contributed by atoms with Crippen molar-refractivity contribution in [2.75, 3.05) is 12.4 Å². The van der Waals surface area contributed by atoms with Crippen molar-refractivity contribution in [2.24, 2.45) is 0 Å². The average molecular weight is 422 g/mol. The summed E-state index contributed by atoms with van der Waals surface area (Å²) >= 11 is 0. The molecule has 156 valence electrons. The maximum absolute atomic E-state index is 12.5. The highest BCUT2D eigenvalue weighted by atomic mass is 16.5. The van der Waals surface area contributed by atoms with Gasteiger partial charge in [0.15, 0.2) is 5.65 Å². The van der Waals surface area contributed by atoms with Gasteiger partial charge in [-0.05, 0) is 54.6 Å². The molecule has 0 radical (unpaired) electrons. The van der Waals surface area contributed by atoms with Crippen LogP contribution in [0, 0.1) is 0 Å². The number of hydrogen-bond donors (Lipinski definition) is 1. The number of nitrogens with one attached hydrogen (secondary N) is 1. The molecule has 0 saturated carbocycles. The Morgan fingerprint density at radius 1 is 0.906 bits per heavy atom. The van der Waals surface area contributed by atoms with Crippen molar-refractivity contribution in [3.63, 3.8) is 0 Å². The van der Waals surface area contributed by atoms with E-state index in [1.807, 2.05) is 54.6 Å². The van der Waals surface area contributed by atoms with E-state index in [1.54, 1.807) is 42.1 Å². The molecule has 8 nitrogen and oxygen atoms in total. The molecular weight excluding hydrogens is 404 g/mol. The quantitative estimate of drug-likeness (QED) is 0.458. The van der Waals surface area contributed by atoms with Crippen LogP contribution in [-0.4, -0.2) is 37.8 Å². The van der Waals surface area contributed by atoms with Gasteiger partial charge in [0.2, 0.25) is 5.82 Å². The second-order valence-corrected chi connectivity index (χ2v) is 6.99. The third kappa shape index (κ3) is 3.77. The molecule has 3 heterocycles. The molecule has 0 aliphatic carbocycles. The molecule has 0 atom stereocenters. The molecule has 0 aliphatic heterocycles. The lowest BCUT2D eigenvalue weighted by Crippen LogP contribution is -2.11. The summed E-state index contributed by atoms with van der Waals surface area (Å²) in [6.07, 6.45) is 1.71. The molecule has 0 unspecified atom stereocenters. The zero-order valence-electron chi connectivity index (χ0n) is 17.1. The molecule has 0 saturated heterocycles. The topological polar surface area (TPSA) is 94.3 Å². The molecule has 3 aromatic heterocycles. The smallest absolute Gasteiger partial charge is 0.255 e. The van der Waals surface area contributed by atoms with Gasteiger partial charge in [0, 0.05) is 23.0 Å². The number of methoxy groups -OCH3 is 1. The van der Waals surface area contributed by atoms with Crippen LogP contribution in [0.4, 0.5) is 5.69 Å². The Morgan fingerprint density at radius 2 is 1.78 bits per heavy atom. The van der Waals surface area contributed by atoms with Gasteiger partial charge in [-0.3, -0.25) is 9.78 Å². The number of carbonyl (C=O) groups excluding carboxylic acids is 1. The van der Waals surface area contributed by atoms with Crippen LogP contribution in [-0.2, 0) is 0 Å². The highest BCUT2D eigenvalue weighted by Gasteiger charge is 2.12. The van der Waals surface area contributed by atoms with Crippen molar-refractivity contribution in [3.05, 3.63) is 90.6 Å². The third-order valence-corrected chi connectivity index (χ3v) is 4.93. The summed E-state index contributed by atoms with van der Waals surface area (Å²) in [4.78, 5) is 16.9. The van der Waals surface area contributed by atoms with Gasteiger partial charge in [0.25, 0.3) is 5.91 Å². The Balaban J connectivity index is 1.39. The molecule has 5 aromatic rings. The Bertz CT molecular complexity index is 1400. The van der Waals surface area contributed by atoms with Gasteiger partial charge in [0.1, 0.15) is 11.4 Å². The number of benzene rings is 2. The van der Waals surface area contributed by atoms with Crippen molar-refractivity contribution in [2.45, 2.75) is 0 Å². The van der Waals surface area contributed by atoms with Crippen LogP contribution in [0.25, 0.3) is 28.4 Å². The fraction of sp³-hybridized carbons (Fsp3) is 0.0417. The number of hydrogen-bond acceptors (Lipinski definition) is 6. The highest BCUT2D eigenvalue weighted by molar-refractivity contribution is 6.04. The summed E-state index contributed by atoms with van der Waals surface area (Å²) in [6, 6.07) is 23.8. The summed E-state index contributed by atoms with van der Waals surface area (Å²) in [5.41, 5.74) is 4.18. The molecular formula is C24H18N6O2. The molecule has 0 aliphatic rings. The van der Waals surface area contributed by atoms with Gasteiger partial charge >= 0.3 is 0 Å². The van der Waals surface area contributed by atoms with Crippen molar-refractivity contribution in [1.82, 2.24) is 24.8 Å². The van der Waals surface area contributed by atoms with Gasteiger partial charge in [-0.1, -0.05) is 24.3 Å². The number of fused-ring (bicyclic) bond motifs is 1. The van der Waals surface area contributed by atoms with Crippen molar-refractivity contribution >= 4 is 17.2 Å². The van der Waals surface area contributed by atoms with Gasteiger partial charge in [-0.2, -0.15) is 9.61 Å². The molecule has 0 bridgehead atoms. The summed E-state index contributed by atoms with van der Waals surface area (Å²) < 4.78 is 6.86. The molecule has 1 amide bonds. The summed E-state index contributed by atoms with van der Waals surface area (Å²) in [7, 11) is 1.57. The number of carbonyl (C=O) groups is 1.